The van der Waals surface area contributed by atoms with Gasteiger partial charge in [0.15, 0.2) is 0 Å². The van der Waals surface area contributed by atoms with Gasteiger partial charge in [-0.25, -0.2) is 0 Å². The van der Waals surface area contributed by atoms with Crippen LogP contribution in [0.5, 0.6) is 0 Å². The van der Waals surface area contributed by atoms with E-state index in [1.165, 1.54) is 0 Å². The molecule has 1 heterocycles. The zero-order chi connectivity index (χ0) is 12.8. The van der Waals surface area contributed by atoms with Crippen molar-refractivity contribution >= 4 is 5.97 Å². The lowest BCUT2D eigenvalue weighted by Gasteiger charge is -2.26. The van der Waals surface area contributed by atoms with Crippen molar-refractivity contribution in [2.24, 2.45) is 0 Å². The average molecular weight is 242 g/mol. The molecule has 2 unspecified atom stereocenters. The third-order valence-corrected chi connectivity index (χ3v) is 3.49. The highest BCUT2D eigenvalue weighted by Gasteiger charge is 2.33. The number of carbonyl (C=O) groups excluding carboxylic acids is 1. The fraction of sp³-hybridized carbons (Fsp3) is 0.923. The number of ether oxygens (including phenoxy) is 1. The van der Waals surface area contributed by atoms with E-state index < -0.39 is 0 Å². The van der Waals surface area contributed by atoms with E-state index in [0.29, 0.717) is 12.6 Å². The number of esters is 1. The summed E-state index contributed by atoms with van der Waals surface area (Å²) in [5, 5.41) is 0. The van der Waals surface area contributed by atoms with Crippen LogP contribution < -0.4 is 0 Å². The van der Waals surface area contributed by atoms with Crippen LogP contribution in [0.4, 0.5) is 0 Å². The quantitative estimate of drug-likeness (QED) is 0.658. The molecule has 1 aliphatic heterocycles. The summed E-state index contributed by atoms with van der Waals surface area (Å²) in [5.74, 6) is -0.0474. The van der Waals surface area contributed by atoms with Crippen molar-refractivity contribution in [1.29, 1.82) is 0 Å². The minimum absolute atomic E-state index is 0.0371. The summed E-state index contributed by atoms with van der Waals surface area (Å²) in [6.07, 6.45) is 3.07. The lowest BCUT2D eigenvalue weighted by atomic mass is 10.1. The molecule has 0 N–H and O–H groups in total. The molecule has 0 spiro atoms. The summed E-state index contributed by atoms with van der Waals surface area (Å²) in [4.78, 5) is 16.4. The first kappa shape index (κ1) is 14.5. The van der Waals surface area contributed by atoms with Gasteiger partial charge in [-0.2, -0.15) is 0 Å². The molecule has 17 heavy (non-hydrogen) atoms. The molecule has 0 aliphatic carbocycles. The Kier molecular flexibility index (Phi) is 5.92. The molecule has 0 aromatic rings. The molecular formula is C13H26N2O2. The Labute approximate surface area is 105 Å². The lowest BCUT2D eigenvalue weighted by molar-refractivity contribution is -0.149. The zero-order valence-corrected chi connectivity index (χ0v) is 11.6. The van der Waals surface area contributed by atoms with Gasteiger partial charge in [0.25, 0.3) is 0 Å². The average Bonchev–Trinajstić information content (AvgIpc) is 2.75. The summed E-state index contributed by atoms with van der Waals surface area (Å²) in [5.41, 5.74) is 0. The van der Waals surface area contributed by atoms with Crippen molar-refractivity contribution in [3.8, 4) is 0 Å². The monoisotopic (exact) mass is 242 g/mol. The third kappa shape index (κ3) is 3.96. The molecule has 100 valence electrons. The fourth-order valence-corrected chi connectivity index (χ4v) is 2.43. The van der Waals surface area contributed by atoms with Crippen molar-refractivity contribution in [3.63, 3.8) is 0 Å². The molecule has 0 aromatic heterocycles. The Balaban J connectivity index is 2.56. The van der Waals surface area contributed by atoms with Gasteiger partial charge in [0.05, 0.1) is 6.61 Å². The molecular weight excluding hydrogens is 216 g/mol. The Morgan fingerprint density at radius 3 is 2.65 bits per heavy atom. The normalized spacial score (nSPS) is 23.0. The van der Waals surface area contributed by atoms with Gasteiger partial charge in [0.1, 0.15) is 6.04 Å². The maximum atomic E-state index is 11.9. The molecule has 1 rings (SSSR count). The number of hydrogen-bond donors (Lipinski definition) is 0. The van der Waals surface area contributed by atoms with Crippen LogP contribution in [0.25, 0.3) is 0 Å². The van der Waals surface area contributed by atoms with E-state index in [0.717, 1.165) is 32.4 Å². The number of likely N-dealkylation sites (N-methyl/N-ethyl adjacent to an activating group) is 1. The van der Waals surface area contributed by atoms with Crippen LogP contribution in [0.3, 0.4) is 0 Å². The highest BCUT2D eigenvalue weighted by molar-refractivity contribution is 5.75. The molecule has 0 saturated carbocycles. The lowest BCUT2D eigenvalue weighted by Crippen LogP contribution is -2.42. The summed E-state index contributed by atoms with van der Waals surface area (Å²) in [6, 6.07) is 0.536. The molecule has 1 fully saturated rings. The largest absolute Gasteiger partial charge is 0.465 e. The highest BCUT2D eigenvalue weighted by Crippen LogP contribution is 2.19. The van der Waals surface area contributed by atoms with Crippen LogP contribution in [0.1, 0.15) is 33.1 Å². The minimum atomic E-state index is -0.0474. The van der Waals surface area contributed by atoms with Gasteiger partial charge in [0.2, 0.25) is 0 Å². The van der Waals surface area contributed by atoms with E-state index >= 15 is 0 Å². The molecule has 1 aliphatic rings. The summed E-state index contributed by atoms with van der Waals surface area (Å²) >= 11 is 0. The third-order valence-electron chi connectivity index (χ3n) is 3.49. The highest BCUT2D eigenvalue weighted by atomic mass is 16.5. The maximum absolute atomic E-state index is 11.9. The standard InChI is InChI=1S/C13H26N2O2/c1-5-7-12(13(16)17-6-2)15-9-8-11(10-15)14(3)4/h11-12H,5-10H2,1-4H3. The van der Waals surface area contributed by atoms with Gasteiger partial charge >= 0.3 is 5.97 Å². The van der Waals surface area contributed by atoms with Gasteiger partial charge in [-0.15, -0.1) is 0 Å². The van der Waals surface area contributed by atoms with Crippen LogP contribution in [-0.2, 0) is 9.53 Å². The number of carbonyl (C=O) groups is 1. The predicted octanol–water partition coefficient (Wildman–Crippen LogP) is 1.35. The van der Waals surface area contributed by atoms with Gasteiger partial charge in [-0.05, 0) is 33.9 Å². The molecule has 0 bridgehead atoms. The second kappa shape index (κ2) is 6.97. The van der Waals surface area contributed by atoms with E-state index in [-0.39, 0.29) is 12.0 Å². The van der Waals surface area contributed by atoms with E-state index in [2.05, 4.69) is 30.8 Å². The minimum Gasteiger partial charge on any atom is -0.465 e. The summed E-state index contributed by atoms with van der Waals surface area (Å²) in [6.45, 7) is 6.45. The van der Waals surface area contributed by atoms with Gasteiger partial charge in [0, 0.05) is 19.1 Å². The second-order valence-corrected chi connectivity index (χ2v) is 4.96. The predicted molar refractivity (Wildman–Crippen MR) is 69.0 cm³/mol. The Morgan fingerprint density at radius 1 is 1.47 bits per heavy atom. The summed E-state index contributed by atoms with van der Waals surface area (Å²) in [7, 11) is 4.21. The molecule has 4 heteroatoms. The molecule has 4 nitrogen and oxygen atoms in total. The van der Waals surface area contributed by atoms with Gasteiger partial charge in [-0.3, -0.25) is 9.69 Å². The van der Waals surface area contributed by atoms with Crippen LogP contribution >= 0.6 is 0 Å². The van der Waals surface area contributed by atoms with E-state index in [9.17, 15) is 4.79 Å². The van der Waals surface area contributed by atoms with Crippen LogP contribution in [-0.4, -0.2) is 61.6 Å². The first-order chi connectivity index (χ1) is 8.10. The van der Waals surface area contributed by atoms with Crippen molar-refractivity contribution in [1.82, 2.24) is 9.80 Å². The number of likely N-dealkylation sites (tertiary alicyclic amines) is 1. The van der Waals surface area contributed by atoms with Crippen molar-refractivity contribution in [2.45, 2.75) is 45.2 Å². The van der Waals surface area contributed by atoms with Crippen LogP contribution in [0.2, 0.25) is 0 Å². The first-order valence-electron chi connectivity index (χ1n) is 6.67. The Hall–Kier alpha value is -0.610. The molecule has 0 radical (unpaired) electrons. The SMILES string of the molecule is CCCC(C(=O)OCC)N1CCC(N(C)C)C1. The van der Waals surface area contributed by atoms with E-state index in [1.807, 2.05) is 6.92 Å². The zero-order valence-electron chi connectivity index (χ0n) is 11.6. The number of hydrogen-bond acceptors (Lipinski definition) is 4. The van der Waals surface area contributed by atoms with E-state index in [4.69, 9.17) is 4.74 Å². The molecule has 1 saturated heterocycles. The molecule has 0 amide bonds. The fourth-order valence-electron chi connectivity index (χ4n) is 2.43. The molecule has 0 aromatic carbocycles. The number of rotatable bonds is 6. The topological polar surface area (TPSA) is 32.8 Å². The second-order valence-electron chi connectivity index (χ2n) is 4.96. The summed E-state index contributed by atoms with van der Waals surface area (Å²) < 4.78 is 5.17. The van der Waals surface area contributed by atoms with Crippen molar-refractivity contribution < 1.29 is 9.53 Å². The van der Waals surface area contributed by atoms with Gasteiger partial charge < -0.3 is 9.64 Å². The van der Waals surface area contributed by atoms with Crippen molar-refractivity contribution in [2.75, 3.05) is 33.8 Å². The maximum Gasteiger partial charge on any atom is 0.323 e. The number of nitrogens with zero attached hydrogens (tertiary/aromatic N) is 2. The van der Waals surface area contributed by atoms with E-state index in [1.54, 1.807) is 0 Å². The smallest absolute Gasteiger partial charge is 0.323 e. The van der Waals surface area contributed by atoms with Crippen LogP contribution in [0, 0.1) is 0 Å². The molecule has 2 atom stereocenters. The Bertz CT molecular complexity index is 244. The first-order valence-corrected chi connectivity index (χ1v) is 6.67. The van der Waals surface area contributed by atoms with Crippen LogP contribution in [0.15, 0.2) is 0 Å². The Morgan fingerprint density at radius 2 is 2.18 bits per heavy atom. The van der Waals surface area contributed by atoms with Gasteiger partial charge in [-0.1, -0.05) is 13.3 Å². The van der Waals surface area contributed by atoms with Crippen molar-refractivity contribution in [3.05, 3.63) is 0 Å².